The summed E-state index contributed by atoms with van der Waals surface area (Å²) in [5.74, 6) is 1.12. The number of hydrogen-bond acceptors (Lipinski definition) is 7. The summed E-state index contributed by atoms with van der Waals surface area (Å²) in [6.07, 6.45) is 0. The van der Waals surface area contributed by atoms with Crippen molar-refractivity contribution in [2.24, 2.45) is 0 Å². The minimum Gasteiger partial charge on any atom is -0.424 e. The molecule has 0 saturated carbocycles. The number of nitrogens with zero attached hydrogens (tertiary/aromatic N) is 5. The SMILES string of the molecule is Cc1nnc([C@H](C)N2CCN(S(=O)(=O)N3CCOCC3)CC2)o1. The van der Waals surface area contributed by atoms with Crippen LogP contribution >= 0.6 is 0 Å². The average Bonchev–Trinajstić information content (AvgIpc) is 3.01. The zero-order valence-corrected chi connectivity index (χ0v) is 14.3. The van der Waals surface area contributed by atoms with Crippen molar-refractivity contribution >= 4 is 10.2 Å². The van der Waals surface area contributed by atoms with Gasteiger partial charge in [-0.3, -0.25) is 4.90 Å². The molecule has 0 spiro atoms. The molecule has 0 amide bonds. The molecule has 0 aromatic carbocycles. The van der Waals surface area contributed by atoms with Crippen LogP contribution in [0.5, 0.6) is 0 Å². The van der Waals surface area contributed by atoms with Crippen LogP contribution in [0.15, 0.2) is 4.42 Å². The second-order valence-corrected chi connectivity index (χ2v) is 7.72. The van der Waals surface area contributed by atoms with Crippen LogP contribution in [0, 0.1) is 6.92 Å². The summed E-state index contributed by atoms with van der Waals surface area (Å²) in [4.78, 5) is 2.16. The van der Waals surface area contributed by atoms with Crippen molar-refractivity contribution in [3.05, 3.63) is 11.8 Å². The quantitative estimate of drug-likeness (QED) is 0.735. The van der Waals surface area contributed by atoms with Gasteiger partial charge in [-0.1, -0.05) is 0 Å². The van der Waals surface area contributed by atoms with E-state index in [1.807, 2.05) is 6.92 Å². The number of piperazine rings is 1. The lowest BCUT2D eigenvalue weighted by atomic mass is 10.2. The Morgan fingerprint density at radius 2 is 1.61 bits per heavy atom. The van der Waals surface area contributed by atoms with E-state index >= 15 is 0 Å². The second-order valence-electron chi connectivity index (χ2n) is 5.79. The smallest absolute Gasteiger partial charge is 0.282 e. The maximum absolute atomic E-state index is 12.6. The molecular formula is C13H23N5O4S. The summed E-state index contributed by atoms with van der Waals surface area (Å²) in [7, 11) is -3.39. The molecule has 0 N–H and O–H groups in total. The first-order chi connectivity index (χ1) is 11.0. The minimum atomic E-state index is -3.39. The lowest BCUT2D eigenvalue weighted by Gasteiger charge is -2.38. The van der Waals surface area contributed by atoms with Gasteiger partial charge < -0.3 is 9.15 Å². The molecule has 0 aliphatic carbocycles. The molecule has 2 fully saturated rings. The van der Waals surface area contributed by atoms with Crippen molar-refractivity contribution in [2.75, 3.05) is 52.5 Å². The Kier molecular flexibility index (Phi) is 4.97. The molecule has 0 bridgehead atoms. The van der Waals surface area contributed by atoms with Crippen LogP contribution in [0.2, 0.25) is 0 Å². The van der Waals surface area contributed by atoms with Crippen molar-refractivity contribution in [3.8, 4) is 0 Å². The van der Waals surface area contributed by atoms with Crippen molar-refractivity contribution < 1.29 is 17.6 Å². The summed E-state index contributed by atoms with van der Waals surface area (Å²) in [5, 5.41) is 7.90. The molecule has 10 heteroatoms. The van der Waals surface area contributed by atoms with Crippen LogP contribution < -0.4 is 0 Å². The minimum absolute atomic E-state index is 0.00978. The maximum Gasteiger partial charge on any atom is 0.282 e. The van der Waals surface area contributed by atoms with Crippen molar-refractivity contribution in [1.82, 2.24) is 23.7 Å². The Balaban J connectivity index is 1.59. The highest BCUT2D eigenvalue weighted by molar-refractivity contribution is 7.86. The Labute approximate surface area is 136 Å². The van der Waals surface area contributed by atoms with E-state index < -0.39 is 10.2 Å². The fraction of sp³-hybridized carbons (Fsp3) is 0.846. The van der Waals surface area contributed by atoms with Crippen molar-refractivity contribution in [2.45, 2.75) is 19.9 Å². The first-order valence-electron chi connectivity index (χ1n) is 7.85. The van der Waals surface area contributed by atoms with Gasteiger partial charge in [0.05, 0.1) is 19.3 Å². The summed E-state index contributed by atoms with van der Waals surface area (Å²) in [6, 6.07) is -0.00978. The first kappa shape index (κ1) is 16.8. The summed E-state index contributed by atoms with van der Waals surface area (Å²) >= 11 is 0. The van der Waals surface area contributed by atoms with E-state index in [1.54, 1.807) is 11.2 Å². The van der Waals surface area contributed by atoms with E-state index in [0.717, 1.165) is 0 Å². The molecule has 1 aromatic heterocycles. The number of ether oxygens (including phenoxy) is 1. The van der Waals surface area contributed by atoms with Crippen LogP contribution in [0.4, 0.5) is 0 Å². The molecule has 23 heavy (non-hydrogen) atoms. The zero-order valence-electron chi connectivity index (χ0n) is 13.5. The molecule has 9 nitrogen and oxygen atoms in total. The Morgan fingerprint density at radius 3 is 2.17 bits per heavy atom. The van der Waals surface area contributed by atoms with Gasteiger partial charge in [0.1, 0.15) is 0 Å². The molecule has 2 aliphatic heterocycles. The lowest BCUT2D eigenvalue weighted by Crippen LogP contribution is -2.55. The molecule has 2 saturated heterocycles. The predicted octanol–water partition coefficient (Wildman–Crippen LogP) is -0.366. The van der Waals surface area contributed by atoms with Crippen LogP contribution in [-0.4, -0.2) is 84.6 Å². The van der Waals surface area contributed by atoms with E-state index in [4.69, 9.17) is 9.15 Å². The zero-order chi connectivity index (χ0) is 16.4. The highest BCUT2D eigenvalue weighted by Crippen LogP contribution is 2.22. The van der Waals surface area contributed by atoms with Crippen molar-refractivity contribution in [3.63, 3.8) is 0 Å². The highest BCUT2D eigenvalue weighted by Gasteiger charge is 2.34. The fourth-order valence-electron chi connectivity index (χ4n) is 2.90. The number of rotatable bonds is 4. The van der Waals surface area contributed by atoms with Crippen molar-refractivity contribution in [1.29, 1.82) is 0 Å². The Hall–Kier alpha value is -1.07. The maximum atomic E-state index is 12.6. The number of aromatic nitrogens is 2. The van der Waals surface area contributed by atoms with Gasteiger partial charge in [-0.15, -0.1) is 10.2 Å². The van der Waals surface area contributed by atoms with E-state index in [2.05, 4.69) is 15.1 Å². The summed E-state index contributed by atoms with van der Waals surface area (Å²) < 4.78 is 39.0. The largest absolute Gasteiger partial charge is 0.424 e. The molecule has 1 aromatic rings. The Morgan fingerprint density at radius 1 is 1.00 bits per heavy atom. The van der Waals surface area contributed by atoms with E-state index in [1.165, 1.54) is 4.31 Å². The van der Waals surface area contributed by atoms with E-state index in [0.29, 0.717) is 64.3 Å². The molecule has 1 atom stereocenters. The van der Waals surface area contributed by atoms with Crippen LogP contribution in [0.3, 0.4) is 0 Å². The topological polar surface area (TPSA) is 92.0 Å². The monoisotopic (exact) mass is 345 g/mol. The third kappa shape index (κ3) is 3.56. The molecule has 2 aliphatic rings. The summed E-state index contributed by atoms with van der Waals surface area (Å²) in [5.41, 5.74) is 0. The number of morpholine rings is 1. The number of aryl methyl sites for hydroxylation is 1. The van der Waals surface area contributed by atoms with E-state index in [-0.39, 0.29) is 6.04 Å². The van der Waals surface area contributed by atoms with Gasteiger partial charge in [-0.25, -0.2) is 0 Å². The van der Waals surface area contributed by atoms with E-state index in [9.17, 15) is 8.42 Å². The number of hydrogen-bond donors (Lipinski definition) is 0. The lowest BCUT2D eigenvalue weighted by molar-refractivity contribution is 0.0670. The van der Waals surface area contributed by atoms with Crippen LogP contribution in [0.25, 0.3) is 0 Å². The normalized spacial score (nSPS) is 23.9. The average molecular weight is 345 g/mol. The summed E-state index contributed by atoms with van der Waals surface area (Å²) in [6.45, 7) is 7.78. The molecule has 3 heterocycles. The van der Waals surface area contributed by atoms with Gasteiger partial charge in [-0.2, -0.15) is 17.0 Å². The third-order valence-electron chi connectivity index (χ3n) is 4.34. The van der Waals surface area contributed by atoms with Gasteiger partial charge in [0, 0.05) is 46.2 Å². The molecule has 3 rings (SSSR count). The van der Waals surface area contributed by atoms with Gasteiger partial charge >= 0.3 is 0 Å². The van der Waals surface area contributed by atoms with Gasteiger partial charge in [-0.05, 0) is 6.92 Å². The Bertz CT molecular complexity index is 620. The molecular weight excluding hydrogens is 322 g/mol. The van der Waals surface area contributed by atoms with Gasteiger partial charge in [0.15, 0.2) is 0 Å². The molecule has 0 radical (unpaired) electrons. The highest BCUT2D eigenvalue weighted by atomic mass is 32.2. The molecule has 0 unspecified atom stereocenters. The fourth-order valence-corrected chi connectivity index (χ4v) is 4.46. The van der Waals surface area contributed by atoms with Crippen LogP contribution in [-0.2, 0) is 14.9 Å². The van der Waals surface area contributed by atoms with Crippen LogP contribution in [0.1, 0.15) is 24.7 Å². The molecule has 130 valence electrons. The third-order valence-corrected chi connectivity index (χ3v) is 6.38. The van der Waals surface area contributed by atoms with Gasteiger partial charge in [0.25, 0.3) is 10.2 Å². The van der Waals surface area contributed by atoms with Gasteiger partial charge in [0.2, 0.25) is 11.8 Å². The first-order valence-corrected chi connectivity index (χ1v) is 9.25. The predicted molar refractivity (Wildman–Crippen MR) is 81.9 cm³/mol. The second kappa shape index (κ2) is 6.81. The standard InChI is InChI=1S/C13H23N5O4S/c1-11(13-15-14-12(2)22-13)16-3-5-17(6-4-16)23(19,20)18-7-9-21-10-8-18/h11H,3-10H2,1-2H3/t11-/m0/s1.